The van der Waals surface area contributed by atoms with E-state index in [0.717, 1.165) is 18.7 Å². The summed E-state index contributed by atoms with van der Waals surface area (Å²) in [5, 5.41) is 4.77. The summed E-state index contributed by atoms with van der Waals surface area (Å²) in [5.41, 5.74) is 2.57. The van der Waals surface area contributed by atoms with Crippen LogP contribution in [0.5, 0.6) is 0 Å². The van der Waals surface area contributed by atoms with Gasteiger partial charge in [0.1, 0.15) is 11.3 Å². The molecule has 1 aromatic carbocycles. The first kappa shape index (κ1) is 12.7. The second-order valence-corrected chi connectivity index (χ2v) is 6.62. The lowest BCUT2D eigenvalue weighted by Gasteiger charge is -2.26. The van der Waals surface area contributed by atoms with E-state index in [9.17, 15) is 0 Å². The number of fused-ring (bicyclic) bond motifs is 1. The molecule has 102 valence electrons. The van der Waals surface area contributed by atoms with E-state index in [-0.39, 0.29) is 5.41 Å². The molecule has 0 bridgehead atoms. The summed E-state index contributed by atoms with van der Waals surface area (Å²) >= 11 is 0. The van der Waals surface area contributed by atoms with Gasteiger partial charge in [-0.15, -0.1) is 0 Å². The smallest absolute Gasteiger partial charge is 0.134 e. The molecule has 2 nitrogen and oxygen atoms in total. The van der Waals surface area contributed by atoms with E-state index < -0.39 is 0 Å². The van der Waals surface area contributed by atoms with Crippen LogP contribution in [0.2, 0.25) is 0 Å². The number of benzene rings is 1. The van der Waals surface area contributed by atoms with E-state index in [0.29, 0.717) is 5.92 Å². The Labute approximate surface area is 115 Å². The van der Waals surface area contributed by atoms with Crippen molar-refractivity contribution in [3.05, 3.63) is 35.6 Å². The zero-order chi connectivity index (χ0) is 13.5. The molecule has 19 heavy (non-hydrogen) atoms. The van der Waals surface area contributed by atoms with Gasteiger partial charge in [-0.3, -0.25) is 0 Å². The van der Waals surface area contributed by atoms with Crippen LogP contribution in [0.3, 0.4) is 0 Å². The maximum absolute atomic E-state index is 6.20. The molecule has 0 radical (unpaired) electrons. The molecule has 0 spiro atoms. The quantitative estimate of drug-likeness (QED) is 0.828. The fourth-order valence-electron chi connectivity index (χ4n) is 3.14. The Morgan fingerprint density at radius 3 is 2.47 bits per heavy atom. The van der Waals surface area contributed by atoms with Crippen molar-refractivity contribution in [3.8, 4) is 0 Å². The van der Waals surface area contributed by atoms with Crippen molar-refractivity contribution in [2.45, 2.75) is 44.9 Å². The average molecular weight is 257 g/mol. The third-order valence-corrected chi connectivity index (χ3v) is 4.06. The van der Waals surface area contributed by atoms with Gasteiger partial charge >= 0.3 is 0 Å². The van der Waals surface area contributed by atoms with Crippen molar-refractivity contribution >= 4 is 11.0 Å². The van der Waals surface area contributed by atoms with E-state index in [4.69, 9.17) is 4.42 Å². The van der Waals surface area contributed by atoms with Crippen molar-refractivity contribution in [2.75, 3.05) is 13.1 Å². The van der Waals surface area contributed by atoms with E-state index in [2.05, 4.69) is 50.4 Å². The second-order valence-electron chi connectivity index (χ2n) is 6.62. The van der Waals surface area contributed by atoms with Crippen molar-refractivity contribution in [2.24, 2.45) is 0 Å². The molecule has 3 rings (SSSR count). The zero-order valence-corrected chi connectivity index (χ0v) is 12.1. The Balaban J connectivity index is 2.18. The predicted octanol–water partition coefficient (Wildman–Crippen LogP) is 4.20. The number of hydrogen-bond donors (Lipinski definition) is 1. The summed E-state index contributed by atoms with van der Waals surface area (Å²) in [5.74, 6) is 1.82. The molecule has 0 unspecified atom stereocenters. The topological polar surface area (TPSA) is 25.2 Å². The standard InChI is InChI=1S/C17H23NO/c1-17(2,3)16-15(12-8-10-18-11-9-12)13-6-4-5-7-14(13)19-16/h4-7,12,18H,8-11H2,1-3H3. The maximum Gasteiger partial charge on any atom is 0.134 e. The van der Waals surface area contributed by atoms with Crippen LogP contribution in [-0.4, -0.2) is 13.1 Å². The van der Waals surface area contributed by atoms with Gasteiger partial charge in [0.25, 0.3) is 0 Å². The van der Waals surface area contributed by atoms with Gasteiger partial charge in [0.2, 0.25) is 0 Å². The lowest BCUT2D eigenvalue weighted by molar-refractivity contribution is 0.400. The molecule has 0 atom stereocenters. The van der Waals surface area contributed by atoms with E-state index in [1.807, 2.05) is 0 Å². The Hall–Kier alpha value is -1.28. The molecule has 1 fully saturated rings. The summed E-state index contributed by atoms with van der Waals surface area (Å²) in [6.07, 6.45) is 2.43. The van der Waals surface area contributed by atoms with Gasteiger partial charge < -0.3 is 9.73 Å². The molecule has 0 saturated carbocycles. The molecule has 1 aromatic heterocycles. The van der Waals surface area contributed by atoms with E-state index in [1.165, 1.54) is 29.6 Å². The highest BCUT2D eigenvalue weighted by atomic mass is 16.3. The van der Waals surface area contributed by atoms with Crippen molar-refractivity contribution in [1.29, 1.82) is 0 Å². The lowest BCUT2D eigenvalue weighted by Crippen LogP contribution is -2.27. The molecular formula is C17H23NO. The summed E-state index contributed by atoms with van der Waals surface area (Å²) < 4.78 is 6.20. The van der Waals surface area contributed by atoms with Crippen LogP contribution in [0.1, 0.15) is 50.9 Å². The third kappa shape index (κ3) is 2.30. The van der Waals surface area contributed by atoms with Gasteiger partial charge in [-0.25, -0.2) is 0 Å². The maximum atomic E-state index is 6.20. The van der Waals surface area contributed by atoms with Crippen LogP contribution in [0.15, 0.2) is 28.7 Å². The van der Waals surface area contributed by atoms with Gasteiger partial charge in [-0.2, -0.15) is 0 Å². The Bertz CT molecular complexity index is 570. The fraction of sp³-hybridized carbons (Fsp3) is 0.529. The zero-order valence-electron chi connectivity index (χ0n) is 12.1. The SMILES string of the molecule is CC(C)(C)c1oc2ccccc2c1C1CCNCC1. The third-order valence-electron chi connectivity index (χ3n) is 4.06. The number of para-hydroxylation sites is 1. The highest BCUT2D eigenvalue weighted by Gasteiger charge is 2.30. The molecule has 0 amide bonds. The molecule has 0 aliphatic carbocycles. The van der Waals surface area contributed by atoms with Crippen LogP contribution in [0.4, 0.5) is 0 Å². The molecule has 2 heterocycles. The highest BCUT2D eigenvalue weighted by Crippen LogP contribution is 2.41. The van der Waals surface area contributed by atoms with Crippen LogP contribution in [-0.2, 0) is 5.41 Å². The number of piperidine rings is 1. The van der Waals surface area contributed by atoms with E-state index in [1.54, 1.807) is 0 Å². The van der Waals surface area contributed by atoms with Gasteiger partial charge in [-0.05, 0) is 37.9 Å². The molecular weight excluding hydrogens is 234 g/mol. The van der Waals surface area contributed by atoms with Crippen molar-refractivity contribution in [1.82, 2.24) is 5.32 Å². The minimum absolute atomic E-state index is 0.0687. The first-order valence-electron chi connectivity index (χ1n) is 7.30. The monoisotopic (exact) mass is 257 g/mol. The Morgan fingerprint density at radius 2 is 1.79 bits per heavy atom. The lowest BCUT2D eigenvalue weighted by atomic mass is 9.81. The summed E-state index contributed by atoms with van der Waals surface area (Å²) in [7, 11) is 0. The molecule has 1 N–H and O–H groups in total. The molecule has 1 aliphatic rings. The molecule has 2 aromatic rings. The number of hydrogen-bond acceptors (Lipinski definition) is 2. The Kier molecular flexibility index (Phi) is 3.14. The molecule has 1 saturated heterocycles. The normalized spacial score (nSPS) is 18.1. The van der Waals surface area contributed by atoms with Crippen molar-refractivity contribution in [3.63, 3.8) is 0 Å². The van der Waals surface area contributed by atoms with Gasteiger partial charge in [0, 0.05) is 16.4 Å². The highest BCUT2D eigenvalue weighted by molar-refractivity contribution is 5.83. The number of rotatable bonds is 1. The largest absolute Gasteiger partial charge is 0.460 e. The van der Waals surface area contributed by atoms with Crippen LogP contribution in [0, 0.1) is 0 Å². The van der Waals surface area contributed by atoms with Gasteiger partial charge in [0.15, 0.2) is 0 Å². The first-order chi connectivity index (χ1) is 9.07. The van der Waals surface area contributed by atoms with Crippen molar-refractivity contribution < 1.29 is 4.42 Å². The average Bonchev–Trinajstić information content (AvgIpc) is 2.79. The second kappa shape index (κ2) is 4.68. The van der Waals surface area contributed by atoms with Crippen LogP contribution >= 0.6 is 0 Å². The molecule has 2 heteroatoms. The number of nitrogens with one attached hydrogen (secondary N) is 1. The summed E-state index contributed by atoms with van der Waals surface area (Å²) in [6.45, 7) is 8.97. The minimum atomic E-state index is 0.0687. The fourth-order valence-corrected chi connectivity index (χ4v) is 3.14. The summed E-state index contributed by atoms with van der Waals surface area (Å²) in [4.78, 5) is 0. The predicted molar refractivity (Wildman–Crippen MR) is 79.8 cm³/mol. The van der Waals surface area contributed by atoms with E-state index >= 15 is 0 Å². The number of furan rings is 1. The van der Waals surface area contributed by atoms with Gasteiger partial charge in [0.05, 0.1) is 0 Å². The minimum Gasteiger partial charge on any atom is -0.460 e. The van der Waals surface area contributed by atoms with Gasteiger partial charge in [-0.1, -0.05) is 39.0 Å². The van der Waals surface area contributed by atoms with Crippen LogP contribution < -0.4 is 5.32 Å². The molecule has 1 aliphatic heterocycles. The van der Waals surface area contributed by atoms with Crippen LogP contribution in [0.25, 0.3) is 11.0 Å². The summed E-state index contributed by atoms with van der Waals surface area (Å²) in [6, 6.07) is 8.49. The Morgan fingerprint density at radius 1 is 1.11 bits per heavy atom. The first-order valence-corrected chi connectivity index (χ1v) is 7.30.